The molecule has 2 rings (SSSR count). The molecule has 9 nitrogen and oxygen atoms in total. The highest BCUT2D eigenvalue weighted by Gasteiger charge is 2.20. The number of benzene rings is 1. The van der Waals surface area contributed by atoms with Crippen LogP contribution in [0, 0.1) is 18.3 Å². The van der Waals surface area contributed by atoms with E-state index in [2.05, 4.69) is 4.99 Å². The van der Waals surface area contributed by atoms with Gasteiger partial charge in [0.15, 0.2) is 11.5 Å². The first-order chi connectivity index (χ1) is 14.8. The first-order valence-corrected chi connectivity index (χ1v) is 9.59. The Morgan fingerprint density at radius 3 is 2.45 bits per heavy atom. The number of nitriles is 1. The van der Waals surface area contributed by atoms with Crippen LogP contribution < -0.4 is 15.0 Å². The van der Waals surface area contributed by atoms with Crippen molar-refractivity contribution in [2.45, 2.75) is 33.2 Å². The van der Waals surface area contributed by atoms with Gasteiger partial charge in [-0.1, -0.05) is 13.3 Å². The normalized spacial score (nSPS) is 10.7. The maximum absolute atomic E-state index is 12.6. The Balaban J connectivity index is 2.71. The summed E-state index contributed by atoms with van der Waals surface area (Å²) in [6.45, 7) is 3.77. The Bertz CT molecular complexity index is 1110. The number of esters is 1. The van der Waals surface area contributed by atoms with Gasteiger partial charge in [0.25, 0.3) is 5.56 Å². The maximum Gasteiger partial charge on any atom is 0.340 e. The van der Waals surface area contributed by atoms with Crippen molar-refractivity contribution >= 4 is 17.9 Å². The number of unbranched alkanes of at least 4 members (excludes halogenated alkanes) is 1. The average molecular weight is 427 g/mol. The van der Waals surface area contributed by atoms with Crippen LogP contribution in [0.25, 0.3) is 0 Å². The number of rotatable bonds is 8. The van der Waals surface area contributed by atoms with Crippen molar-refractivity contribution in [3.63, 3.8) is 0 Å². The van der Waals surface area contributed by atoms with Crippen molar-refractivity contribution in [2.24, 2.45) is 4.99 Å². The van der Waals surface area contributed by atoms with Gasteiger partial charge in [0.1, 0.15) is 11.6 Å². The number of nitrogens with zero attached hydrogens (tertiary/aromatic N) is 3. The number of carbonyl (C=O) groups excluding carboxylic acids is 1. The summed E-state index contributed by atoms with van der Waals surface area (Å²) in [4.78, 5) is 29.1. The Morgan fingerprint density at radius 1 is 1.26 bits per heavy atom. The van der Waals surface area contributed by atoms with Crippen LogP contribution in [-0.4, -0.2) is 43.2 Å². The topological polar surface area (TPSA) is 123 Å². The predicted molar refractivity (Wildman–Crippen MR) is 115 cm³/mol. The van der Waals surface area contributed by atoms with Crippen LogP contribution in [0.1, 0.15) is 46.8 Å². The molecule has 0 spiro atoms. The number of hydrogen-bond donors (Lipinski definition) is 1. The molecule has 2 aromatic rings. The number of pyridine rings is 1. The molecular formula is C22H25N3O6. The van der Waals surface area contributed by atoms with Crippen LogP contribution in [-0.2, 0) is 11.3 Å². The van der Waals surface area contributed by atoms with Crippen molar-refractivity contribution in [2.75, 3.05) is 21.3 Å². The van der Waals surface area contributed by atoms with E-state index < -0.39 is 11.5 Å². The van der Waals surface area contributed by atoms with E-state index in [1.807, 2.05) is 13.0 Å². The van der Waals surface area contributed by atoms with E-state index in [0.717, 1.165) is 11.0 Å². The third-order valence-electron chi connectivity index (χ3n) is 4.82. The van der Waals surface area contributed by atoms with Crippen LogP contribution in [0.3, 0.4) is 0 Å². The summed E-state index contributed by atoms with van der Waals surface area (Å²) in [6.07, 6.45) is 2.76. The molecule has 0 radical (unpaired) electrons. The van der Waals surface area contributed by atoms with Crippen molar-refractivity contribution in [1.29, 1.82) is 5.26 Å². The molecule has 0 amide bonds. The third-order valence-corrected chi connectivity index (χ3v) is 4.82. The van der Waals surface area contributed by atoms with E-state index in [-0.39, 0.29) is 34.8 Å². The first-order valence-electron chi connectivity index (χ1n) is 9.59. The zero-order valence-corrected chi connectivity index (χ0v) is 18.2. The lowest BCUT2D eigenvalue weighted by molar-refractivity contribution is 0.0601. The standard InChI is InChI=1S/C22H25N3O6/c1-6-7-8-25-20(26)15(11-23)13(2)16(21(25)27)12-24-17-10-19(30-4)18(29-3)9-14(17)22(28)31-5/h9-10,12,27H,6-8H2,1-5H3. The highest BCUT2D eigenvalue weighted by molar-refractivity contribution is 5.98. The fraction of sp³-hybridized carbons (Fsp3) is 0.364. The Labute approximate surface area is 180 Å². The number of aliphatic imine (C=N–C) groups is 1. The molecule has 0 bridgehead atoms. The molecule has 164 valence electrons. The smallest absolute Gasteiger partial charge is 0.340 e. The fourth-order valence-corrected chi connectivity index (χ4v) is 3.03. The van der Waals surface area contributed by atoms with E-state index in [0.29, 0.717) is 23.5 Å². The molecule has 31 heavy (non-hydrogen) atoms. The van der Waals surface area contributed by atoms with Gasteiger partial charge in [-0.15, -0.1) is 0 Å². The summed E-state index contributed by atoms with van der Waals surface area (Å²) in [5.74, 6) is -0.270. The molecule has 0 atom stereocenters. The second-order valence-corrected chi connectivity index (χ2v) is 6.63. The molecule has 1 aromatic heterocycles. The summed E-state index contributed by atoms with van der Waals surface area (Å²) in [6, 6.07) is 4.83. The number of hydrogen-bond acceptors (Lipinski definition) is 8. The van der Waals surface area contributed by atoms with Gasteiger partial charge in [-0.3, -0.25) is 14.4 Å². The minimum Gasteiger partial charge on any atom is -0.494 e. The molecule has 0 fully saturated rings. The zero-order chi connectivity index (χ0) is 23.1. The fourth-order valence-electron chi connectivity index (χ4n) is 3.03. The van der Waals surface area contributed by atoms with Gasteiger partial charge >= 0.3 is 5.97 Å². The molecular weight excluding hydrogens is 402 g/mol. The monoisotopic (exact) mass is 427 g/mol. The maximum atomic E-state index is 12.6. The molecule has 1 heterocycles. The number of aromatic hydroxyl groups is 1. The Hall–Kier alpha value is -3.80. The minimum atomic E-state index is -0.639. The Kier molecular flexibility index (Phi) is 7.80. The van der Waals surface area contributed by atoms with E-state index in [9.17, 15) is 20.0 Å². The SMILES string of the molecule is CCCCn1c(O)c(C=Nc2cc(OC)c(OC)cc2C(=O)OC)c(C)c(C#N)c1=O. The van der Waals surface area contributed by atoms with Crippen LogP contribution in [0.2, 0.25) is 0 Å². The van der Waals surface area contributed by atoms with E-state index in [4.69, 9.17) is 14.2 Å². The van der Waals surface area contributed by atoms with Gasteiger partial charge in [0, 0.05) is 24.9 Å². The summed E-state index contributed by atoms with van der Waals surface area (Å²) in [7, 11) is 4.12. The van der Waals surface area contributed by atoms with E-state index in [1.54, 1.807) is 6.92 Å². The lowest BCUT2D eigenvalue weighted by Crippen LogP contribution is -2.25. The quantitative estimate of drug-likeness (QED) is 0.507. The summed E-state index contributed by atoms with van der Waals surface area (Å²) in [5, 5.41) is 20.2. The van der Waals surface area contributed by atoms with Crippen LogP contribution in [0.15, 0.2) is 21.9 Å². The zero-order valence-electron chi connectivity index (χ0n) is 18.2. The van der Waals surface area contributed by atoms with Crippen LogP contribution >= 0.6 is 0 Å². The van der Waals surface area contributed by atoms with Crippen molar-refractivity contribution in [3.05, 3.63) is 44.7 Å². The summed E-state index contributed by atoms with van der Waals surface area (Å²) >= 11 is 0. The van der Waals surface area contributed by atoms with Crippen molar-refractivity contribution in [3.8, 4) is 23.4 Å². The molecule has 0 saturated carbocycles. The Morgan fingerprint density at radius 2 is 1.90 bits per heavy atom. The second kappa shape index (κ2) is 10.3. The van der Waals surface area contributed by atoms with Gasteiger partial charge in [0.2, 0.25) is 5.88 Å². The van der Waals surface area contributed by atoms with E-state index in [1.165, 1.54) is 39.7 Å². The first kappa shape index (κ1) is 23.5. The molecule has 0 aliphatic heterocycles. The second-order valence-electron chi connectivity index (χ2n) is 6.63. The molecule has 0 aliphatic rings. The lowest BCUT2D eigenvalue weighted by atomic mass is 10.1. The van der Waals surface area contributed by atoms with Gasteiger partial charge in [-0.2, -0.15) is 5.26 Å². The number of ether oxygens (including phenoxy) is 3. The highest BCUT2D eigenvalue weighted by atomic mass is 16.5. The summed E-state index contributed by atoms with van der Waals surface area (Å²) < 4.78 is 16.5. The van der Waals surface area contributed by atoms with Crippen LogP contribution in [0.5, 0.6) is 17.4 Å². The highest BCUT2D eigenvalue weighted by Crippen LogP contribution is 2.35. The number of aromatic nitrogens is 1. The van der Waals surface area contributed by atoms with Gasteiger partial charge in [0.05, 0.1) is 38.1 Å². The minimum absolute atomic E-state index is 0.0733. The van der Waals surface area contributed by atoms with Crippen LogP contribution in [0.4, 0.5) is 5.69 Å². The molecule has 0 unspecified atom stereocenters. The van der Waals surface area contributed by atoms with Crippen molar-refractivity contribution < 1.29 is 24.1 Å². The average Bonchev–Trinajstić information content (AvgIpc) is 2.78. The number of methoxy groups -OCH3 is 3. The summed E-state index contributed by atoms with van der Waals surface area (Å²) in [5.41, 5.74) is 0.196. The van der Waals surface area contributed by atoms with Crippen molar-refractivity contribution in [1.82, 2.24) is 4.57 Å². The third kappa shape index (κ3) is 4.69. The number of carbonyl (C=O) groups is 1. The van der Waals surface area contributed by atoms with Gasteiger partial charge in [-0.25, -0.2) is 4.79 Å². The molecule has 1 aromatic carbocycles. The molecule has 0 aliphatic carbocycles. The molecule has 0 saturated heterocycles. The van der Waals surface area contributed by atoms with E-state index >= 15 is 0 Å². The van der Waals surface area contributed by atoms with Gasteiger partial charge in [-0.05, 0) is 18.9 Å². The molecule has 9 heteroatoms. The lowest BCUT2D eigenvalue weighted by Gasteiger charge is -2.14. The largest absolute Gasteiger partial charge is 0.494 e. The predicted octanol–water partition coefficient (Wildman–Crippen LogP) is 3.09. The molecule has 1 N–H and O–H groups in total. The van der Waals surface area contributed by atoms with Gasteiger partial charge < -0.3 is 19.3 Å².